The van der Waals surface area contributed by atoms with Crippen LogP contribution in [0.15, 0.2) is 352 Å². The highest BCUT2D eigenvalue weighted by molar-refractivity contribution is 6.13. The third-order valence-electron chi connectivity index (χ3n) is 19.6. The van der Waals surface area contributed by atoms with Crippen molar-refractivity contribution in [3.8, 4) is 112 Å². The number of imidazole rings is 1. The van der Waals surface area contributed by atoms with Crippen LogP contribution in [0.2, 0.25) is 0 Å². The summed E-state index contributed by atoms with van der Waals surface area (Å²) in [5.74, 6) is 2.25. The Bertz CT molecular complexity index is 5880. The van der Waals surface area contributed by atoms with E-state index in [-0.39, 0.29) is 5.41 Å². The number of ether oxygens (including phenoxy) is 1. The molecule has 0 amide bonds. The van der Waals surface area contributed by atoms with E-state index in [9.17, 15) is 0 Å². The lowest BCUT2D eigenvalue weighted by molar-refractivity contribution is -0.571. The molecule has 0 aliphatic carbocycles. The maximum Gasteiger partial charge on any atom is 0.269 e. The molecule has 4 aromatic heterocycles. The van der Waals surface area contributed by atoms with Gasteiger partial charge >= 0.3 is 0 Å². The zero-order valence-corrected chi connectivity index (χ0v) is 55.6. The predicted molar refractivity (Wildman–Crippen MR) is 413 cm³/mol. The Morgan fingerprint density at radius 1 is 0.310 bits per heavy atom. The minimum atomic E-state index is -0.0965. The first kappa shape index (κ1) is 59.6. The van der Waals surface area contributed by atoms with Gasteiger partial charge in [-0.1, -0.05) is 239 Å². The van der Waals surface area contributed by atoms with Gasteiger partial charge in [-0.2, -0.15) is 0 Å². The van der Waals surface area contributed by atoms with Crippen molar-refractivity contribution in [2.45, 2.75) is 26.2 Å². The van der Waals surface area contributed by atoms with Crippen molar-refractivity contribution < 1.29 is 9.30 Å². The predicted octanol–water partition coefficient (Wildman–Crippen LogP) is 24.1. The molecule has 0 fully saturated rings. The molecule has 0 saturated carbocycles. The fourth-order valence-corrected chi connectivity index (χ4v) is 14.8. The average Bonchev–Trinajstić information content (AvgIpc) is 1.68. The van der Waals surface area contributed by atoms with Gasteiger partial charge in [0.25, 0.3) is 6.33 Å². The first-order chi connectivity index (χ1) is 49.2. The van der Waals surface area contributed by atoms with Gasteiger partial charge in [-0.15, -0.1) is 0 Å². The van der Waals surface area contributed by atoms with Gasteiger partial charge in [0, 0.05) is 39.5 Å². The highest BCUT2D eigenvalue weighted by Crippen LogP contribution is 2.44. The second kappa shape index (κ2) is 24.6. The Kier molecular flexibility index (Phi) is 14.7. The zero-order valence-electron chi connectivity index (χ0n) is 55.6. The van der Waals surface area contributed by atoms with Gasteiger partial charge in [0.15, 0.2) is 0 Å². The minimum Gasteiger partial charge on any atom is -0.458 e. The highest BCUT2D eigenvalue weighted by atomic mass is 16.5. The molecule has 0 bridgehead atoms. The molecule has 0 unspecified atom stereocenters. The maximum atomic E-state index is 7.09. The molecule has 0 aliphatic heterocycles. The van der Waals surface area contributed by atoms with Crippen LogP contribution in [-0.4, -0.2) is 18.7 Å². The molecule has 18 rings (SSSR count). The molecule has 14 aromatic carbocycles. The Balaban J connectivity index is 0.779. The van der Waals surface area contributed by atoms with Crippen LogP contribution in [0.1, 0.15) is 26.3 Å². The van der Waals surface area contributed by atoms with Crippen molar-refractivity contribution in [3.05, 3.63) is 364 Å². The van der Waals surface area contributed by atoms with Crippen molar-refractivity contribution >= 4 is 54.6 Å². The monoisotopic (exact) mass is 1280 g/mol. The number of rotatable bonds is 13. The quantitative estimate of drug-likeness (QED) is 0.0853. The maximum absolute atomic E-state index is 7.09. The molecular weight excluding hydrogens is 1220 g/mol. The van der Waals surface area contributed by atoms with Crippen molar-refractivity contribution in [2.24, 2.45) is 0 Å². The van der Waals surface area contributed by atoms with Gasteiger partial charge in [0.1, 0.15) is 17.3 Å². The van der Waals surface area contributed by atoms with Gasteiger partial charge in [-0.25, -0.2) is 4.98 Å². The summed E-state index contributed by atoms with van der Waals surface area (Å²) in [5.41, 5.74) is 26.3. The molecule has 0 atom stereocenters. The van der Waals surface area contributed by atoms with Crippen molar-refractivity contribution in [3.63, 3.8) is 0 Å². The summed E-state index contributed by atoms with van der Waals surface area (Å²) >= 11 is 0. The molecule has 0 saturated heterocycles. The van der Waals surface area contributed by atoms with Crippen molar-refractivity contribution in [1.82, 2.24) is 18.7 Å². The summed E-state index contributed by atoms with van der Waals surface area (Å²) < 4.78 is 16.2. The fourth-order valence-electron chi connectivity index (χ4n) is 14.8. The van der Waals surface area contributed by atoms with Gasteiger partial charge in [0.05, 0.1) is 44.5 Å². The van der Waals surface area contributed by atoms with E-state index in [0.29, 0.717) is 11.5 Å². The molecule has 474 valence electrons. The first-order valence-corrected chi connectivity index (χ1v) is 34.2. The van der Waals surface area contributed by atoms with Crippen LogP contribution >= 0.6 is 0 Å². The largest absolute Gasteiger partial charge is 0.458 e. The van der Waals surface area contributed by atoms with E-state index in [1.807, 2.05) is 12.3 Å². The van der Waals surface area contributed by atoms with Crippen LogP contribution < -0.4 is 9.30 Å². The number of hydrogen-bond donors (Lipinski definition) is 0. The van der Waals surface area contributed by atoms with Gasteiger partial charge < -0.3 is 9.30 Å². The Morgan fingerprint density at radius 2 is 0.770 bits per heavy atom. The molecule has 18 aromatic rings. The average molecular weight is 1280 g/mol. The van der Waals surface area contributed by atoms with Crippen LogP contribution in [0, 0.1) is 6.33 Å². The molecule has 6 heteroatoms. The van der Waals surface area contributed by atoms with Crippen LogP contribution in [0.5, 0.6) is 11.5 Å². The number of hydrogen-bond acceptors (Lipinski definition) is 2. The molecule has 0 aliphatic rings. The molecule has 4 heterocycles. The molecule has 0 radical (unpaired) electrons. The number of nitrogens with zero attached hydrogens (tertiary/aromatic N) is 5. The number of fused-ring (bicyclic) bond motifs is 7. The van der Waals surface area contributed by atoms with E-state index >= 15 is 0 Å². The standard InChI is InChI=1S/C94H67N5O/c1-94(2,3)75-49-50-95-92(59-75)99-88-48-44-68(67-43-47-87-84(57-67)82-37-19-20-40-86(82)98(87)76-33-17-8-18-34-76)58-85(88)83-46-45-79(61-91(83)99)100-78-36-23-35-77(60-78)96-62-97(90-42-22-21-41-89(90)96)93-80(73-53-69(63-25-9-4-10-26-63)51-70(54-73)64-27-11-5-12-28-64)38-24-39-81(93)74-55-71(65-29-13-6-14-30-65)52-72(56-74)66-31-15-7-16-32-66/h4-61H,1-3H3. The summed E-state index contributed by atoms with van der Waals surface area (Å²) in [6, 6.07) is 125. The minimum absolute atomic E-state index is 0.0965. The Hall–Kier alpha value is -12.9. The van der Waals surface area contributed by atoms with E-state index in [1.54, 1.807) is 0 Å². The Labute approximate surface area is 581 Å². The second-order valence-corrected chi connectivity index (χ2v) is 26.9. The van der Waals surface area contributed by atoms with E-state index in [2.05, 4.69) is 385 Å². The zero-order chi connectivity index (χ0) is 66.8. The van der Waals surface area contributed by atoms with Gasteiger partial charge in [0.2, 0.25) is 0 Å². The smallest absolute Gasteiger partial charge is 0.269 e. The number of benzene rings is 14. The van der Waals surface area contributed by atoms with Crippen LogP contribution in [0.25, 0.3) is 155 Å². The molecule has 0 N–H and O–H groups in total. The number of aromatic nitrogens is 5. The highest BCUT2D eigenvalue weighted by Gasteiger charge is 2.24. The van der Waals surface area contributed by atoms with E-state index in [4.69, 9.17) is 9.72 Å². The van der Waals surface area contributed by atoms with Crippen molar-refractivity contribution in [1.29, 1.82) is 0 Å². The first-order valence-electron chi connectivity index (χ1n) is 34.2. The second-order valence-electron chi connectivity index (χ2n) is 26.9. The normalized spacial score (nSPS) is 11.8. The van der Waals surface area contributed by atoms with Crippen LogP contribution in [0.4, 0.5) is 0 Å². The molecular formula is C94H67N5O. The summed E-state index contributed by atoms with van der Waals surface area (Å²) in [7, 11) is 0. The summed E-state index contributed by atoms with van der Waals surface area (Å²) in [6.45, 7) is 6.76. The van der Waals surface area contributed by atoms with Crippen molar-refractivity contribution in [2.75, 3.05) is 0 Å². The summed E-state index contributed by atoms with van der Waals surface area (Å²) in [5, 5.41) is 4.67. The van der Waals surface area contributed by atoms with Gasteiger partial charge in [-0.3, -0.25) is 13.7 Å². The SMILES string of the molecule is CC(C)(C)c1ccnc(-n2c3ccc(-c4ccc5c(c4)c4ccccc4n5-c4ccccc4)cc3c3ccc(Oc4cccc(-n5[c-][n+](-c6c(-c7cc(-c8ccccc8)cc(-c8ccccc8)c7)cccc6-c6cc(-c7ccccc7)cc(-c7ccccc7)c6)c6ccccc65)c4)cc32)c1. The lowest BCUT2D eigenvalue weighted by atomic mass is 9.88. The van der Waals surface area contributed by atoms with E-state index in [1.165, 1.54) is 27.4 Å². The lowest BCUT2D eigenvalue weighted by Crippen LogP contribution is -2.31. The van der Waals surface area contributed by atoms with E-state index < -0.39 is 0 Å². The topological polar surface area (TPSA) is 40.8 Å². The van der Waals surface area contributed by atoms with Crippen LogP contribution in [-0.2, 0) is 5.41 Å². The van der Waals surface area contributed by atoms with E-state index in [0.717, 1.165) is 134 Å². The summed E-state index contributed by atoms with van der Waals surface area (Å²) in [4.78, 5) is 5.10. The third kappa shape index (κ3) is 10.8. The molecule has 0 spiro atoms. The third-order valence-corrected chi connectivity index (χ3v) is 19.6. The fraction of sp³-hybridized carbons (Fsp3) is 0.0426. The van der Waals surface area contributed by atoms with Gasteiger partial charge in [-0.05, 0) is 210 Å². The lowest BCUT2D eigenvalue weighted by Gasteiger charge is -2.20. The number of pyridine rings is 1. The number of para-hydroxylation sites is 5. The molecule has 100 heavy (non-hydrogen) atoms. The Morgan fingerprint density at radius 3 is 1.34 bits per heavy atom. The summed E-state index contributed by atoms with van der Waals surface area (Å²) in [6.07, 6.45) is 5.95. The van der Waals surface area contributed by atoms with Crippen LogP contribution in [0.3, 0.4) is 0 Å². The molecule has 6 nitrogen and oxygen atoms in total.